The summed E-state index contributed by atoms with van der Waals surface area (Å²) in [7, 11) is 0. The number of imidazole rings is 1. The summed E-state index contributed by atoms with van der Waals surface area (Å²) in [5.74, 6) is -0.930. The number of nitrogens with zero attached hydrogens (tertiary/aromatic N) is 4. The number of benzene rings is 1. The Hall–Kier alpha value is -3.40. The van der Waals surface area contributed by atoms with Gasteiger partial charge in [-0.05, 0) is 32.0 Å². The predicted molar refractivity (Wildman–Crippen MR) is 98.9 cm³/mol. The number of aliphatic hydroxyl groups excluding tert-OH is 1. The molecule has 0 spiro atoms. The summed E-state index contributed by atoms with van der Waals surface area (Å²) in [6, 6.07) is 4.05. The summed E-state index contributed by atoms with van der Waals surface area (Å²) in [6.45, 7) is 4.13. The maximum absolute atomic E-state index is 12.8. The molecule has 1 unspecified atom stereocenters. The SMILES string of the molecule is CCn1nc(C)cc1C(=O)Nc1nc2cc(C(=O)O)cc3c2n1C(CO)CO3. The van der Waals surface area contributed by atoms with E-state index in [9.17, 15) is 19.8 Å². The fraction of sp³-hybridized carbons (Fsp3) is 0.333. The van der Waals surface area contributed by atoms with Crippen molar-refractivity contribution in [2.75, 3.05) is 18.5 Å². The number of carboxylic acid groups (broad SMARTS) is 1. The number of carboxylic acids is 1. The number of hydrogen-bond acceptors (Lipinski definition) is 6. The van der Waals surface area contributed by atoms with E-state index in [-0.39, 0.29) is 24.7 Å². The lowest BCUT2D eigenvalue weighted by atomic mass is 10.1. The Labute approximate surface area is 159 Å². The van der Waals surface area contributed by atoms with Crippen LogP contribution in [-0.2, 0) is 6.54 Å². The van der Waals surface area contributed by atoms with Crippen LogP contribution in [0.3, 0.4) is 0 Å². The second kappa shape index (κ2) is 6.64. The Balaban J connectivity index is 1.82. The standard InChI is InChI=1S/C18H19N5O5/c1-3-22-13(4-9(2)21-22)16(25)20-18-19-12-5-10(17(26)27)6-14-15(12)23(18)11(7-24)8-28-14/h4-6,11,24H,3,7-8H2,1-2H3,(H,26,27)(H,19,20,25). The molecule has 0 aliphatic carbocycles. The molecule has 146 valence electrons. The van der Waals surface area contributed by atoms with Crippen LogP contribution in [0, 0.1) is 6.92 Å². The van der Waals surface area contributed by atoms with Gasteiger partial charge in [0.2, 0.25) is 5.95 Å². The van der Waals surface area contributed by atoms with Crippen molar-refractivity contribution in [1.82, 2.24) is 19.3 Å². The number of amides is 1. The van der Waals surface area contributed by atoms with E-state index >= 15 is 0 Å². The lowest BCUT2D eigenvalue weighted by molar-refractivity contribution is 0.0696. The third kappa shape index (κ3) is 2.78. The summed E-state index contributed by atoms with van der Waals surface area (Å²) in [6.07, 6.45) is 0. The van der Waals surface area contributed by atoms with Gasteiger partial charge in [0.1, 0.15) is 23.6 Å². The van der Waals surface area contributed by atoms with Gasteiger partial charge in [0.05, 0.1) is 29.4 Å². The highest BCUT2D eigenvalue weighted by Crippen LogP contribution is 2.37. The zero-order valence-electron chi connectivity index (χ0n) is 15.3. The number of aryl methyl sites for hydroxylation is 2. The molecule has 10 nitrogen and oxygen atoms in total. The van der Waals surface area contributed by atoms with E-state index in [4.69, 9.17) is 4.74 Å². The number of aromatic carboxylic acids is 1. The molecule has 2 aromatic heterocycles. The predicted octanol–water partition coefficient (Wildman–Crippen LogP) is 1.44. The van der Waals surface area contributed by atoms with Gasteiger partial charge in [-0.15, -0.1) is 0 Å². The van der Waals surface area contributed by atoms with Gasteiger partial charge < -0.3 is 14.9 Å². The first-order valence-electron chi connectivity index (χ1n) is 8.81. The van der Waals surface area contributed by atoms with Crippen LogP contribution in [0.5, 0.6) is 5.75 Å². The van der Waals surface area contributed by atoms with Crippen LogP contribution in [0.1, 0.15) is 39.5 Å². The zero-order chi connectivity index (χ0) is 20.0. The number of carbonyl (C=O) groups excluding carboxylic acids is 1. The van der Waals surface area contributed by atoms with Gasteiger partial charge >= 0.3 is 5.97 Å². The monoisotopic (exact) mass is 385 g/mol. The number of nitrogens with one attached hydrogen (secondary N) is 1. The average molecular weight is 385 g/mol. The average Bonchev–Trinajstić information content (AvgIpc) is 3.23. The van der Waals surface area contributed by atoms with Gasteiger partial charge in [-0.2, -0.15) is 5.10 Å². The smallest absolute Gasteiger partial charge is 0.335 e. The molecule has 28 heavy (non-hydrogen) atoms. The van der Waals surface area contributed by atoms with Gasteiger partial charge in [-0.3, -0.25) is 19.4 Å². The number of aromatic nitrogens is 4. The number of carbonyl (C=O) groups is 2. The van der Waals surface area contributed by atoms with E-state index in [2.05, 4.69) is 15.4 Å². The number of rotatable bonds is 5. The molecule has 1 amide bonds. The van der Waals surface area contributed by atoms with Crippen molar-refractivity contribution in [3.63, 3.8) is 0 Å². The molecule has 1 aliphatic rings. The van der Waals surface area contributed by atoms with Crippen molar-refractivity contribution in [1.29, 1.82) is 0 Å². The van der Waals surface area contributed by atoms with Crippen molar-refractivity contribution in [3.05, 3.63) is 35.2 Å². The van der Waals surface area contributed by atoms with Crippen LogP contribution in [0.25, 0.3) is 11.0 Å². The Kier molecular flexibility index (Phi) is 4.27. The van der Waals surface area contributed by atoms with Crippen LogP contribution < -0.4 is 10.1 Å². The molecule has 3 aromatic rings. The van der Waals surface area contributed by atoms with E-state index in [0.717, 1.165) is 5.69 Å². The maximum atomic E-state index is 12.8. The number of anilines is 1. The van der Waals surface area contributed by atoms with E-state index in [1.54, 1.807) is 22.2 Å². The molecular weight excluding hydrogens is 366 g/mol. The van der Waals surface area contributed by atoms with Crippen molar-refractivity contribution in [2.24, 2.45) is 0 Å². The topological polar surface area (TPSA) is 132 Å². The summed E-state index contributed by atoms with van der Waals surface area (Å²) in [5.41, 5.74) is 2.04. The zero-order valence-corrected chi connectivity index (χ0v) is 15.3. The molecule has 1 aromatic carbocycles. The summed E-state index contributed by atoms with van der Waals surface area (Å²) in [5, 5.41) is 26.1. The van der Waals surface area contributed by atoms with Crippen LogP contribution in [0.15, 0.2) is 18.2 Å². The molecule has 10 heteroatoms. The first-order chi connectivity index (χ1) is 13.4. The molecule has 0 saturated carbocycles. The molecule has 4 rings (SSSR count). The summed E-state index contributed by atoms with van der Waals surface area (Å²) < 4.78 is 8.89. The van der Waals surface area contributed by atoms with Crippen LogP contribution in [0.4, 0.5) is 5.95 Å². The normalized spacial score (nSPS) is 15.5. The lowest BCUT2D eigenvalue weighted by Crippen LogP contribution is -2.28. The number of aliphatic hydroxyl groups is 1. The molecule has 3 heterocycles. The van der Waals surface area contributed by atoms with Crippen molar-refractivity contribution < 1.29 is 24.5 Å². The van der Waals surface area contributed by atoms with Gasteiger partial charge in [-0.1, -0.05) is 0 Å². The molecule has 0 saturated heterocycles. The van der Waals surface area contributed by atoms with Crippen LogP contribution in [-0.4, -0.2) is 54.6 Å². The van der Waals surface area contributed by atoms with Crippen molar-refractivity contribution in [3.8, 4) is 5.75 Å². The largest absolute Gasteiger partial charge is 0.489 e. The Morgan fingerprint density at radius 2 is 2.14 bits per heavy atom. The lowest BCUT2D eigenvalue weighted by Gasteiger charge is -2.25. The molecular formula is C18H19N5O5. The maximum Gasteiger partial charge on any atom is 0.335 e. The van der Waals surface area contributed by atoms with E-state index in [1.807, 2.05) is 6.92 Å². The Bertz CT molecular complexity index is 1100. The minimum absolute atomic E-state index is 0.0344. The molecule has 0 fully saturated rings. The first kappa shape index (κ1) is 18.0. The van der Waals surface area contributed by atoms with E-state index in [0.29, 0.717) is 29.0 Å². The summed E-state index contributed by atoms with van der Waals surface area (Å²) in [4.78, 5) is 28.6. The molecule has 0 bridgehead atoms. The van der Waals surface area contributed by atoms with Crippen LogP contribution in [0.2, 0.25) is 0 Å². The van der Waals surface area contributed by atoms with Gasteiger partial charge in [0.25, 0.3) is 5.91 Å². The van der Waals surface area contributed by atoms with Gasteiger partial charge in [0, 0.05) is 6.54 Å². The fourth-order valence-corrected chi connectivity index (χ4v) is 3.40. The summed E-state index contributed by atoms with van der Waals surface area (Å²) >= 11 is 0. The van der Waals surface area contributed by atoms with E-state index in [1.165, 1.54) is 12.1 Å². The number of ether oxygens (including phenoxy) is 1. The Morgan fingerprint density at radius 1 is 1.36 bits per heavy atom. The minimum atomic E-state index is -1.10. The fourth-order valence-electron chi connectivity index (χ4n) is 3.40. The first-order valence-corrected chi connectivity index (χ1v) is 8.81. The quantitative estimate of drug-likeness (QED) is 0.605. The molecule has 1 atom stereocenters. The van der Waals surface area contributed by atoms with Gasteiger partial charge in [-0.25, -0.2) is 9.78 Å². The molecule has 0 radical (unpaired) electrons. The van der Waals surface area contributed by atoms with Crippen molar-refractivity contribution in [2.45, 2.75) is 26.4 Å². The molecule has 3 N–H and O–H groups in total. The third-order valence-electron chi connectivity index (χ3n) is 4.66. The second-order valence-corrected chi connectivity index (χ2v) is 6.54. The second-order valence-electron chi connectivity index (χ2n) is 6.54. The number of hydrogen-bond donors (Lipinski definition) is 3. The highest BCUT2D eigenvalue weighted by Gasteiger charge is 2.29. The van der Waals surface area contributed by atoms with Crippen molar-refractivity contribution >= 4 is 28.9 Å². The van der Waals surface area contributed by atoms with Crippen LogP contribution >= 0.6 is 0 Å². The molecule has 1 aliphatic heterocycles. The highest BCUT2D eigenvalue weighted by molar-refractivity contribution is 6.04. The van der Waals surface area contributed by atoms with Gasteiger partial charge in [0.15, 0.2) is 0 Å². The highest BCUT2D eigenvalue weighted by atomic mass is 16.5. The third-order valence-corrected chi connectivity index (χ3v) is 4.66. The Morgan fingerprint density at radius 3 is 2.82 bits per heavy atom. The van der Waals surface area contributed by atoms with E-state index < -0.39 is 17.9 Å². The minimum Gasteiger partial charge on any atom is -0.489 e.